The Morgan fingerprint density at radius 1 is 1.60 bits per heavy atom. The molecular weight excluding hydrogens is 268 g/mol. The number of rotatable bonds is 4. The van der Waals surface area contributed by atoms with E-state index in [0.29, 0.717) is 0 Å². The largest absolute Gasteiger partial charge is 0.356 e. The van der Waals surface area contributed by atoms with Gasteiger partial charge in [-0.25, -0.2) is 4.98 Å². The molecule has 2 heterocycles. The Labute approximate surface area is 126 Å². The molecule has 0 amide bonds. The number of aryl methyl sites for hydroxylation is 2. The summed E-state index contributed by atoms with van der Waals surface area (Å²) in [6, 6.07) is 0. The third-order valence-corrected chi connectivity index (χ3v) is 4.71. The molecule has 1 atom stereocenters. The number of aromatic nitrogens is 1. The maximum absolute atomic E-state index is 4.50. The van der Waals surface area contributed by atoms with E-state index in [-0.39, 0.29) is 0 Å². The number of thiazole rings is 1. The maximum atomic E-state index is 4.50. The van der Waals surface area contributed by atoms with E-state index >= 15 is 0 Å². The summed E-state index contributed by atoms with van der Waals surface area (Å²) < 4.78 is 0. The van der Waals surface area contributed by atoms with Crippen LogP contribution in [0, 0.1) is 12.8 Å². The number of nitrogens with zero attached hydrogens (tertiary/aromatic N) is 3. The molecule has 1 fully saturated rings. The van der Waals surface area contributed by atoms with Crippen LogP contribution < -0.4 is 5.32 Å². The van der Waals surface area contributed by atoms with Gasteiger partial charge in [-0.05, 0) is 32.1 Å². The molecule has 0 radical (unpaired) electrons. The molecule has 1 saturated heterocycles. The van der Waals surface area contributed by atoms with Crippen LogP contribution in [0.4, 0.5) is 0 Å². The minimum Gasteiger partial charge on any atom is -0.356 e. The van der Waals surface area contributed by atoms with Gasteiger partial charge in [0.15, 0.2) is 5.96 Å². The molecule has 4 nitrogen and oxygen atoms in total. The third-order valence-electron chi connectivity index (χ3n) is 3.69. The highest BCUT2D eigenvalue weighted by Gasteiger charge is 2.18. The van der Waals surface area contributed by atoms with Crippen molar-refractivity contribution in [2.24, 2.45) is 10.9 Å². The summed E-state index contributed by atoms with van der Waals surface area (Å²) >= 11 is 1.76. The molecule has 0 saturated carbocycles. The SMILES string of the molecule is CN=C(NCCCc1nc(C)cs1)N1CCCC(C)C1. The molecule has 0 bridgehead atoms. The van der Waals surface area contributed by atoms with Crippen molar-refractivity contribution < 1.29 is 0 Å². The Morgan fingerprint density at radius 3 is 3.10 bits per heavy atom. The summed E-state index contributed by atoms with van der Waals surface area (Å²) in [6.07, 6.45) is 4.78. The van der Waals surface area contributed by atoms with Crippen molar-refractivity contribution in [2.45, 2.75) is 39.5 Å². The summed E-state index contributed by atoms with van der Waals surface area (Å²) in [5, 5.41) is 6.85. The van der Waals surface area contributed by atoms with Crippen molar-refractivity contribution in [2.75, 3.05) is 26.7 Å². The molecule has 1 unspecified atom stereocenters. The van der Waals surface area contributed by atoms with Crippen LogP contribution in [0.1, 0.15) is 36.9 Å². The number of piperidine rings is 1. The molecule has 5 heteroatoms. The molecule has 1 N–H and O–H groups in total. The Kier molecular flexibility index (Phi) is 5.83. The van der Waals surface area contributed by atoms with Crippen LogP contribution >= 0.6 is 11.3 Å². The molecule has 1 aliphatic rings. The molecule has 112 valence electrons. The van der Waals surface area contributed by atoms with Gasteiger partial charge in [0.2, 0.25) is 0 Å². The standard InChI is InChI=1S/C15H26N4S/c1-12-6-5-9-19(10-12)15(16-3)17-8-4-7-14-18-13(2)11-20-14/h11-12H,4-10H2,1-3H3,(H,16,17). The predicted molar refractivity (Wildman–Crippen MR) is 86.5 cm³/mol. The van der Waals surface area contributed by atoms with Crippen LogP contribution in [0.2, 0.25) is 0 Å². The predicted octanol–water partition coefficient (Wildman–Crippen LogP) is 2.69. The minimum atomic E-state index is 0.778. The number of nitrogens with one attached hydrogen (secondary N) is 1. The van der Waals surface area contributed by atoms with Crippen LogP contribution in [-0.2, 0) is 6.42 Å². The molecule has 2 rings (SSSR count). The highest BCUT2D eigenvalue weighted by atomic mass is 32.1. The van der Waals surface area contributed by atoms with Crippen molar-refractivity contribution >= 4 is 17.3 Å². The van der Waals surface area contributed by atoms with Crippen LogP contribution in [0.5, 0.6) is 0 Å². The van der Waals surface area contributed by atoms with E-state index in [1.165, 1.54) is 17.8 Å². The van der Waals surface area contributed by atoms with Gasteiger partial charge in [-0.2, -0.15) is 0 Å². The Balaban J connectivity index is 1.71. The maximum Gasteiger partial charge on any atom is 0.193 e. The van der Waals surface area contributed by atoms with Gasteiger partial charge in [0.05, 0.1) is 5.01 Å². The first-order valence-electron chi connectivity index (χ1n) is 7.55. The summed E-state index contributed by atoms with van der Waals surface area (Å²) in [7, 11) is 1.88. The van der Waals surface area contributed by atoms with Crippen molar-refractivity contribution in [3.63, 3.8) is 0 Å². The third kappa shape index (κ3) is 4.47. The zero-order valence-electron chi connectivity index (χ0n) is 12.9. The van der Waals surface area contributed by atoms with E-state index < -0.39 is 0 Å². The van der Waals surface area contributed by atoms with Crippen molar-refractivity contribution in [3.8, 4) is 0 Å². The summed E-state index contributed by atoms with van der Waals surface area (Å²) in [5.41, 5.74) is 1.14. The van der Waals surface area contributed by atoms with Gasteiger partial charge in [-0.15, -0.1) is 11.3 Å². The fourth-order valence-electron chi connectivity index (χ4n) is 2.67. The Morgan fingerprint density at radius 2 is 2.45 bits per heavy atom. The van der Waals surface area contributed by atoms with E-state index in [2.05, 4.69) is 39.4 Å². The number of guanidine groups is 1. The van der Waals surface area contributed by atoms with Gasteiger partial charge in [0.1, 0.15) is 0 Å². The quantitative estimate of drug-likeness (QED) is 0.527. The van der Waals surface area contributed by atoms with Crippen LogP contribution in [-0.4, -0.2) is 42.5 Å². The van der Waals surface area contributed by atoms with Crippen LogP contribution in [0.15, 0.2) is 10.4 Å². The first kappa shape index (κ1) is 15.3. The highest BCUT2D eigenvalue weighted by molar-refractivity contribution is 7.09. The van der Waals surface area contributed by atoms with E-state index in [9.17, 15) is 0 Å². The molecule has 1 aliphatic heterocycles. The molecular formula is C15H26N4S. The van der Waals surface area contributed by atoms with Gasteiger partial charge in [0, 0.05) is 44.2 Å². The van der Waals surface area contributed by atoms with Crippen LogP contribution in [0.3, 0.4) is 0 Å². The van der Waals surface area contributed by atoms with Crippen molar-refractivity contribution in [3.05, 3.63) is 16.1 Å². The lowest BCUT2D eigenvalue weighted by Gasteiger charge is -2.33. The molecule has 0 aromatic carbocycles. The highest BCUT2D eigenvalue weighted by Crippen LogP contribution is 2.15. The topological polar surface area (TPSA) is 40.5 Å². The van der Waals surface area contributed by atoms with E-state index in [4.69, 9.17) is 0 Å². The van der Waals surface area contributed by atoms with Crippen molar-refractivity contribution in [1.82, 2.24) is 15.2 Å². The van der Waals surface area contributed by atoms with E-state index in [1.54, 1.807) is 11.3 Å². The second kappa shape index (κ2) is 7.62. The number of aliphatic imine (C=N–C) groups is 1. The smallest absolute Gasteiger partial charge is 0.193 e. The van der Waals surface area contributed by atoms with Gasteiger partial charge < -0.3 is 10.2 Å². The lowest BCUT2D eigenvalue weighted by molar-refractivity contribution is 0.266. The monoisotopic (exact) mass is 294 g/mol. The lowest BCUT2D eigenvalue weighted by atomic mass is 10.0. The van der Waals surface area contributed by atoms with E-state index in [1.807, 2.05) is 7.05 Å². The fourth-order valence-corrected chi connectivity index (χ4v) is 3.49. The van der Waals surface area contributed by atoms with Gasteiger partial charge >= 0.3 is 0 Å². The summed E-state index contributed by atoms with van der Waals surface area (Å²) in [5.74, 6) is 1.84. The zero-order valence-corrected chi connectivity index (χ0v) is 13.7. The molecule has 20 heavy (non-hydrogen) atoms. The first-order valence-corrected chi connectivity index (χ1v) is 8.43. The average Bonchev–Trinajstić information content (AvgIpc) is 2.84. The average molecular weight is 294 g/mol. The van der Waals surface area contributed by atoms with Gasteiger partial charge in [-0.3, -0.25) is 4.99 Å². The Hall–Kier alpha value is -1.10. The zero-order chi connectivity index (χ0) is 14.4. The first-order chi connectivity index (χ1) is 9.69. The van der Waals surface area contributed by atoms with Gasteiger partial charge in [0.25, 0.3) is 0 Å². The summed E-state index contributed by atoms with van der Waals surface area (Å²) in [6.45, 7) is 7.61. The normalized spacial score (nSPS) is 20.2. The van der Waals surface area contributed by atoms with Crippen molar-refractivity contribution in [1.29, 1.82) is 0 Å². The number of hydrogen-bond acceptors (Lipinski definition) is 3. The fraction of sp³-hybridized carbons (Fsp3) is 0.733. The molecule has 0 spiro atoms. The number of hydrogen-bond donors (Lipinski definition) is 1. The van der Waals surface area contributed by atoms with E-state index in [0.717, 1.165) is 50.0 Å². The summed E-state index contributed by atoms with van der Waals surface area (Å²) in [4.78, 5) is 11.3. The van der Waals surface area contributed by atoms with Crippen LogP contribution in [0.25, 0.3) is 0 Å². The van der Waals surface area contributed by atoms with Gasteiger partial charge in [-0.1, -0.05) is 6.92 Å². The second-order valence-electron chi connectivity index (χ2n) is 5.65. The lowest BCUT2D eigenvalue weighted by Crippen LogP contribution is -2.46. The Bertz CT molecular complexity index is 441. The minimum absolute atomic E-state index is 0.778. The molecule has 1 aromatic heterocycles. The second-order valence-corrected chi connectivity index (χ2v) is 6.60. The number of likely N-dealkylation sites (tertiary alicyclic amines) is 1. The molecule has 1 aromatic rings. The molecule has 0 aliphatic carbocycles.